The van der Waals surface area contributed by atoms with Crippen molar-refractivity contribution in [1.82, 2.24) is 0 Å². The predicted molar refractivity (Wildman–Crippen MR) is 90.1 cm³/mol. The second-order valence-electron chi connectivity index (χ2n) is 7.61. The van der Waals surface area contributed by atoms with E-state index in [0.29, 0.717) is 11.8 Å². The maximum absolute atomic E-state index is 12.1. The van der Waals surface area contributed by atoms with Crippen molar-refractivity contribution in [3.63, 3.8) is 0 Å². The summed E-state index contributed by atoms with van der Waals surface area (Å²) in [7, 11) is 0. The molecule has 0 aliphatic heterocycles. The molecular formula is C20H30O. The quantitative estimate of drug-likeness (QED) is 0.527. The van der Waals surface area contributed by atoms with Crippen molar-refractivity contribution in [3.8, 4) is 0 Å². The molecule has 0 spiro atoms. The zero-order valence-corrected chi connectivity index (χ0v) is 14.3. The Hall–Kier alpha value is -1.11. The fourth-order valence-corrected chi connectivity index (χ4v) is 3.60. The van der Waals surface area contributed by atoms with E-state index in [1.165, 1.54) is 17.6 Å². The van der Waals surface area contributed by atoms with Gasteiger partial charge >= 0.3 is 0 Å². The topological polar surface area (TPSA) is 17.1 Å². The van der Waals surface area contributed by atoms with Crippen LogP contribution < -0.4 is 0 Å². The van der Waals surface area contributed by atoms with Crippen molar-refractivity contribution < 1.29 is 4.79 Å². The van der Waals surface area contributed by atoms with Gasteiger partial charge in [0.1, 0.15) is 0 Å². The molecule has 21 heavy (non-hydrogen) atoms. The Morgan fingerprint density at radius 1 is 1.05 bits per heavy atom. The van der Waals surface area contributed by atoms with Crippen LogP contribution in [0.4, 0.5) is 0 Å². The van der Waals surface area contributed by atoms with Gasteiger partial charge in [-0.15, -0.1) is 0 Å². The Morgan fingerprint density at radius 3 is 2.48 bits per heavy atom. The molecule has 0 aromatic rings. The first-order chi connectivity index (χ1) is 9.82. The minimum Gasteiger partial charge on any atom is -0.294 e. The molecule has 116 valence electrons. The second-order valence-corrected chi connectivity index (χ2v) is 7.61. The lowest BCUT2D eigenvalue weighted by Crippen LogP contribution is -1.98. The number of hydrogen-bond donors (Lipinski definition) is 0. The van der Waals surface area contributed by atoms with Gasteiger partial charge in [0.25, 0.3) is 0 Å². The van der Waals surface area contributed by atoms with E-state index in [1.54, 1.807) is 0 Å². The first-order valence-electron chi connectivity index (χ1n) is 8.35. The third-order valence-electron chi connectivity index (χ3n) is 5.52. The van der Waals surface area contributed by atoms with Gasteiger partial charge < -0.3 is 0 Å². The minimum absolute atomic E-state index is 0.276. The van der Waals surface area contributed by atoms with E-state index < -0.39 is 0 Å². The fourth-order valence-electron chi connectivity index (χ4n) is 3.60. The Morgan fingerprint density at radius 2 is 1.76 bits per heavy atom. The van der Waals surface area contributed by atoms with E-state index in [-0.39, 0.29) is 5.78 Å². The van der Waals surface area contributed by atoms with Gasteiger partial charge in [-0.25, -0.2) is 0 Å². The van der Waals surface area contributed by atoms with Gasteiger partial charge in [-0.2, -0.15) is 0 Å². The van der Waals surface area contributed by atoms with Crippen LogP contribution in [0.1, 0.15) is 66.7 Å². The molecule has 1 saturated carbocycles. The number of fused-ring (bicyclic) bond motifs is 1. The molecular weight excluding hydrogens is 256 g/mol. The van der Waals surface area contributed by atoms with Crippen molar-refractivity contribution in [2.24, 2.45) is 17.3 Å². The molecule has 2 atom stereocenters. The smallest absolute Gasteiger partial charge is 0.162 e. The minimum atomic E-state index is 0.276. The Bertz CT molecular complexity index is 502. The van der Waals surface area contributed by atoms with Gasteiger partial charge in [-0.05, 0) is 69.3 Å². The summed E-state index contributed by atoms with van der Waals surface area (Å²) in [5, 5.41) is 0. The molecule has 1 fully saturated rings. The van der Waals surface area contributed by atoms with Crippen molar-refractivity contribution >= 4 is 5.78 Å². The van der Waals surface area contributed by atoms with Crippen LogP contribution in [0.5, 0.6) is 0 Å². The van der Waals surface area contributed by atoms with Crippen molar-refractivity contribution in [2.75, 3.05) is 0 Å². The molecule has 2 rings (SSSR count). The van der Waals surface area contributed by atoms with Crippen LogP contribution >= 0.6 is 0 Å². The lowest BCUT2D eigenvalue weighted by molar-refractivity contribution is -0.114. The normalized spacial score (nSPS) is 38.0. The Labute approximate surface area is 130 Å². The molecule has 0 aromatic carbocycles. The van der Waals surface area contributed by atoms with E-state index in [4.69, 9.17) is 0 Å². The molecule has 2 aliphatic carbocycles. The molecule has 0 saturated heterocycles. The number of carbonyl (C=O) groups is 1. The van der Waals surface area contributed by atoms with Crippen LogP contribution in [0.2, 0.25) is 0 Å². The average Bonchev–Trinajstić information content (AvgIpc) is 2.92. The molecule has 0 amide bonds. The number of allylic oxidation sites excluding steroid dienone is 6. The monoisotopic (exact) mass is 286 g/mol. The summed E-state index contributed by atoms with van der Waals surface area (Å²) in [5.41, 5.74) is 4.24. The summed E-state index contributed by atoms with van der Waals surface area (Å²) in [6.07, 6.45) is 11.8. The largest absolute Gasteiger partial charge is 0.294 e. The highest BCUT2D eigenvalue weighted by atomic mass is 16.1. The van der Waals surface area contributed by atoms with E-state index in [0.717, 1.165) is 36.7 Å². The summed E-state index contributed by atoms with van der Waals surface area (Å²) < 4.78 is 0. The van der Waals surface area contributed by atoms with Crippen molar-refractivity contribution in [3.05, 3.63) is 34.9 Å². The first kappa shape index (κ1) is 16.3. The van der Waals surface area contributed by atoms with Crippen molar-refractivity contribution in [1.29, 1.82) is 0 Å². The third-order valence-corrected chi connectivity index (χ3v) is 5.52. The van der Waals surface area contributed by atoms with Crippen LogP contribution in [-0.2, 0) is 4.79 Å². The average molecular weight is 286 g/mol. The van der Waals surface area contributed by atoms with Crippen molar-refractivity contribution in [2.45, 2.75) is 66.7 Å². The zero-order valence-electron chi connectivity index (χ0n) is 14.3. The lowest BCUT2D eigenvalue weighted by atomic mass is 10.0. The Kier molecular flexibility index (Phi) is 4.91. The third kappa shape index (κ3) is 3.96. The molecule has 1 heteroatoms. The number of rotatable bonds is 0. The van der Waals surface area contributed by atoms with Crippen LogP contribution in [0.3, 0.4) is 0 Å². The summed E-state index contributed by atoms with van der Waals surface area (Å²) in [5.74, 6) is 1.84. The molecule has 1 nitrogen and oxygen atoms in total. The molecule has 0 N–H and O–H groups in total. The van der Waals surface area contributed by atoms with Gasteiger partial charge in [-0.3, -0.25) is 4.79 Å². The molecule has 0 aromatic heterocycles. The molecule has 0 heterocycles. The van der Waals surface area contributed by atoms with Gasteiger partial charge in [0.05, 0.1) is 0 Å². The van der Waals surface area contributed by atoms with Gasteiger partial charge in [0, 0.05) is 6.42 Å². The van der Waals surface area contributed by atoms with Crippen LogP contribution in [0.15, 0.2) is 34.9 Å². The Balaban J connectivity index is 2.16. The summed E-state index contributed by atoms with van der Waals surface area (Å²) in [6.45, 7) is 11.2. The maximum atomic E-state index is 12.1. The lowest BCUT2D eigenvalue weighted by Gasteiger charge is -2.05. The highest BCUT2D eigenvalue weighted by molar-refractivity contribution is 5.95. The maximum Gasteiger partial charge on any atom is 0.162 e. The molecule has 2 aliphatic rings. The summed E-state index contributed by atoms with van der Waals surface area (Å²) in [6, 6.07) is 0. The molecule has 0 bridgehead atoms. The summed E-state index contributed by atoms with van der Waals surface area (Å²) >= 11 is 0. The SMILES string of the molecule is C/C1=C/C2C(CC/C(C)=C\CC(=O)/C(C)=C\CC1)C2(C)C. The predicted octanol–water partition coefficient (Wildman–Crippen LogP) is 5.63. The number of hydrogen-bond acceptors (Lipinski definition) is 1. The number of Topliss-reactive ketones (excluding diaryl/α,β-unsaturated/α-hetero) is 1. The van der Waals surface area contributed by atoms with E-state index in [1.807, 2.05) is 6.92 Å². The second kappa shape index (κ2) is 6.34. The zero-order chi connectivity index (χ0) is 15.6. The van der Waals surface area contributed by atoms with Crippen LogP contribution in [0, 0.1) is 17.3 Å². The number of ketones is 1. The van der Waals surface area contributed by atoms with E-state index >= 15 is 0 Å². The molecule has 0 radical (unpaired) electrons. The highest BCUT2D eigenvalue weighted by Crippen LogP contribution is 2.61. The van der Waals surface area contributed by atoms with Crippen LogP contribution in [-0.4, -0.2) is 5.78 Å². The summed E-state index contributed by atoms with van der Waals surface area (Å²) in [4.78, 5) is 12.1. The standard InChI is InChI=1S/C20H30O/c1-14-9-11-17-18(20(17,4)5)13-15(2)7-6-8-16(3)19(21)12-10-14/h8,10,13,17-18H,6-7,9,11-12H2,1-5H3/b14-10-,15-13-,16-8-. The van der Waals surface area contributed by atoms with Gasteiger partial charge in [0.15, 0.2) is 5.78 Å². The van der Waals surface area contributed by atoms with Gasteiger partial charge in [-0.1, -0.05) is 43.2 Å². The van der Waals surface area contributed by atoms with E-state index in [9.17, 15) is 4.79 Å². The molecule has 2 unspecified atom stereocenters. The highest BCUT2D eigenvalue weighted by Gasteiger charge is 2.55. The number of carbonyl (C=O) groups excluding carboxylic acids is 1. The van der Waals surface area contributed by atoms with E-state index in [2.05, 4.69) is 45.9 Å². The van der Waals surface area contributed by atoms with Crippen LogP contribution in [0.25, 0.3) is 0 Å². The fraction of sp³-hybridized carbons (Fsp3) is 0.650. The van der Waals surface area contributed by atoms with Gasteiger partial charge in [0.2, 0.25) is 0 Å². The first-order valence-corrected chi connectivity index (χ1v) is 8.35.